The smallest absolute Gasteiger partial charge is 0.159 e. The van der Waals surface area contributed by atoms with Crippen molar-refractivity contribution in [2.45, 2.75) is 19.5 Å². The Hall–Kier alpha value is -3.58. The number of methoxy groups -OCH3 is 1. The summed E-state index contributed by atoms with van der Waals surface area (Å²) in [5, 5.41) is 7.43. The number of benzene rings is 1. The maximum Gasteiger partial charge on any atom is 0.159 e. The number of hydrogen-bond donors (Lipinski definition) is 1. The van der Waals surface area contributed by atoms with Gasteiger partial charge in [-0.3, -0.25) is 15.0 Å². The average molecular weight is 398 g/mol. The van der Waals surface area contributed by atoms with Crippen molar-refractivity contribution in [1.82, 2.24) is 30.0 Å². The lowest BCUT2D eigenvalue weighted by molar-refractivity contribution is 0.243. The molecule has 0 atom stereocenters. The fourth-order valence-corrected chi connectivity index (χ4v) is 3.83. The van der Waals surface area contributed by atoms with Crippen molar-refractivity contribution >= 4 is 0 Å². The fraction of sp³-hybridized carbons (Fsp3) is 0.217. The van der Waals surface area contributed by atoms with Gasteiger partial charge in [-0.2, -0.15) is 5.10 Å². The van der Waals surface area contributed by atoms with E-state index >= 15 is 0 Å². The third-order valence-corrected chi connectivity index (χ3v) is 5.44. The van der Waals surface area contributed by atoms with Crippen LogP contribution in [0.5, 0.6) is 5.75 Å². The Kier molecular flexibility index (Phi) is 4.94. The van der Waals surface area contributed by atoms with E-state index in [0.717, 1.165) is 60.1 Å². The van der Waals surface area contributed by atoms with Crippen molar-refractivity contribution in [1.29, 1.82) is 0 Å². The Balaban J connectivity index is 1.32. The molecule has 4 aromatic rings. The van der Waals surface area contributed by atoms with E-state index in [0.29, 0.717) is 0 Å². The van der Waals surface area contributed by atoms with E-state index in [1.54, 1.807) is 19.5 Å². The molecule has 0 saturated heterocycles. The average Bonchev–Trinajstić information content (AvgIpc) is 3.27. The minimum atomic E-state index is 0.765. The van der Waals surface area contributed by atoms with Gasteiger partial charge in [-0.15, -0.1) is 0 Å². The number of pyridine rings is 1. The molecule has 1 aliphatic rings. The molecule has 0 radical (unpaired) electrons. The van der Waals surface area contributed by atoms with Crippen LogP contribution in [-0.2, 0) is 19.5 Å². The van der Waals surface area contributed by atoms with Gasteiger partial charge in [0.2, 0.25) is 0 Å². The number of nitrogens with zero attached hydrogens (tertiary/aromatic N) is 5. The topological polar surface area (TPSA) is 79.8 Å². The van der Waals surface area contributed by atoms with Gasteiger partial charge in [0.05, 0.1) is 24.7 Å². The van der Waals surface area contributed by atoms with Crippen LogP contribution in [0.2, 0.25) is 0 Å². The zero-order chi connectivity index (χ0) is 20.3. The molecule has 1 N–H and O–H groups in total. The van der Waals surface area contributed by atoms with E-state index in [-0.39, 0.29) is 0 Å². The van der Waals surface area contributed by atoms with Crippen LogP contribution < -0.4 is 4.74 Å². The van der Waals surface area contributed by atoms with Gasteiger partial charge < -0.3 is 4.74 Å². The van der Waals surface area contributed by atoms with Gasteiger partial charge in [-0.25, -0.2) is 9.97 Å². The van der Waals surface area contributed by atoms with Gasteiger partial charge in [-0.1, -0.05) is 0 Å². The third-order valence-electron chi connectivity index (χ3n) is 5.44. The monoisotopic (exact) mass is 398 g/mol. The number of fused-ring (bicyclic) bond motifs is 1. The summed E-state index contributed by atoms with van der Waals surface area (Å²) in [4.78, 5) is 15.9. The number of nitrogens with one attached hydrogen (secondary N) is 1. The first kappa shape index (κ1) is 18.4. The number of H-pyrrole nitrogens is 1. The van der Waals surface area contributed by atoms with Crippen molar-refractivity contribution in [2.24, 2.45) is 0 Å². The molecular weight excluding hydrogens is 376 g/mol. The molecule has 0 fully saturated rings. The van der Waals surface area contributed by atoms with E-state index in [2.05, 4.69) is 37.2 Å². The lowest BCUT2D eigenvalue weighted by atomic mass is 10.0. The number of aromatic nitrogens is 5. The van der Waals surface area contributed by atoms with E-state index in [9.17, 15) is 0 Å². The van der Waals surface area contributed by atoms with Gasteiger partial charge in [0.1, 0.15) is 5.75 Å². The summed E-state index contributed by atoms with van der Waals surface area (Å²) in [5.74, 6) is 1.61. The molecule has 7 nitrogen and oxygen atoms in total. The summed E-state index contributed by atoms with van der Waals surface area (Å²) in [6.45, 7) is 2.61. The first-order chi connectivity index (χ1) is 14.8. The summed E-state index contributed by atoms with van der Waals surface area (Å²) in [5.41, 5.74) is 6.65. The number of ether oxygens (including phenoxy) is 1. The van der Waals surface area contributed by atoms with Gasteiger partial charge in [0.25, 0.3) is 0 Å². The number of aromatic amines is 1. The third kappa shape index (κ3) is 3.67. The van der Waals surface area contributed by atoms with E-state index in [1.807, 2.05) is 36.7 Å². The second kappa shape index (κ2) is 8.04. The standard InChI is InChI=1S/C23H22N6O/c1-30-20-4-2-16(3-5-20)22-19(13-26-28-22)15-29-11-8-21-18(14-29)12-25-23(27-21)17-6-9-24-10-7-17/h2-7,9-10,12-13H,8,11,14-15H2,1H3,(H,26,28). The normalized spacial score (nSPS) is 13.8. The SMILES string of the molecule is COc1ccc(-c2[nH]ncc2CN2CCc3nc(-c4ccncc4)ncc3C2)cc1. The highest BCUT2D eigenvalue weighted by molar-refractivity contribution is 5.63. The lowest BCUT2D eigenvalue weighted by Crippen LogP contribution is -2.31. The molecule has 0 saturated carbocycles. The van der Waals surface area contributed by atoms with E-state index < -0.39 is 0 Å². The highest BCUT2D eigenvalue weighted by Gasteiger charge is 2.20. The Morgan fingerprint density at radius 3 is 2.67 bits per heavy atom. The van der Waals surface area contributed by atoms with Crippen molar-refractivity contribution in [3.8, 4) is 28.4 Å². The van der Waals surface area contributed by atoms with Crippen LogP contribution in [0.25, 0.3) is 22.6 Å². The predicted molar refractivity (Wildman–Crippen MR) is 114 cm³/mol. The molecule has 3 aromatic heterocycles. The van der Waals surface area contributed by atoms with Crippen LogP contribution in [0.4, 0.5) is 0 Å². The molecule has 5 rings (SSSR count). The summed E-state index contributed by atoms with van der Waals surface area (Å²) in [6.07, 6.45) is 8.32. The zero-order valence-corrected chi connectivity index (χ0v) is 16.7. The molecule has 7 heteroatoms. The molecule has 150 valence electrons. The van der Waals surface area contributed by atoms with Crippen molar-refractivity contribution in [2.75, 3.05) is 13.7 Å². The van der Waals surface area contributed by atoms with Crippen LogP contribution in [0.15, 0.2) is 61.2 Å². The highest BCUT2D eigenvalue weighted by Crippen LogP contribution is 2.27. The van der Waals surface area contributed by atoms with Gasteiger partial charge in [-0.05, 0) is 36.4 Å². The van der Waals surface area contributed by atoms with Gasteiger partial charge in [0.15, 0.2) is 5.82 Å². The highest BCUT2D eigenvalue weighted by atomic mass is 16.5. The van der Waals surface area contributed by atoms with Gasteiger partial charge >= 0.3 is 0 Å². The molecule has 0 amide bonds. The summed E-state index contributed by atoms with van der Waals surface area (Å²) < 4.78 is 5.26. The van der Waals surface area contributed by atoms with Crippen LogP contribution in [-0.4, -0.2) is 43.7 Å². The summed E-state index contributed by atoms with van der Waals surface area (Å²) >= 11 is 0. The predicted octanol–water partition coefficient (Wildman–Crippen LogP) is 3.50. The molecule has 0 aliphatic carbocycles. The fourth-order valence-electron chi connectivity index (χ4n) is 3.83. The minimum absolute atomic E-state index is 0.765. The maximum absolute atomic E-state index is 5.26. The van der Waals surface area contributed by atoms with Gasteiger partial charge in [0, 0.05) is 66.9 Å². The van der Waals surface area contributed by atoms with Crippen LogP contribution in [0.3, 0.4) is 0 Å². The first-order valence-corrected chi connectivity index (χ1v) is 9.94. The molecule has 0 bridgehead atoms. The summed E-state index contributed by atoms with van der Waals surface area (Å²) in [7, 11) is 1.68. The zero-order valence-electron chi connectivity index (χ0n) is 16.7. The van der Waals surface area contributed by atoms with E-state index in [1.165, 1.54) is 11.1 Å². The quantitative estimate of drug-likeness (QED) is 0.554. The molecule has 30 heavy (non-hydrogen) atoms. The molecule has 4 heterocycles. The van der Waals surface area contributed by atoms with Crippen LogP contribution in [0.1, 0.15) is 16.8 Å². The second-order valence-electron chi connectivity index (χ2n) is 7.36. The molecule has 0 spiro atoms. The Labute approximate surface area is 174 Å². The van der Waals surface area contributed by atoms with Crippen molar-refractivity contribution < 1.29 is 4.74 Å². The summed E-state index contributed by atoms with van der Waals surface area (Å²) in [6, 6.07) is 11.9. The van der Waals surface area contributed by atoms with Crippen LogP contribution >= 0.6 is 0 Å². The molecule has 1 aromatic carbocycles. The second-order valence-corrected chi connectivity index (χ2v) is 7.36. The molecule has 1 aliphatic heterocycles. The largest absolute Gasteiger partial charge is 0.497 e. The number of rotatable bonds is 5. The maximum atomic E-state index is 5.26. The number of hydrogen-bond acceptors (Lipinski definition) is 6. The Morgan fingerprint density at radius 2 is 1.87 bits per heavy atom. The molecule has 0 unspecified atom stereocenters. The van der Waals surface area contributed by atoms with Crippen LogP contribution in [0, 0.1) is 0 Å². The van der Waals surface area contributed by atoms with Crippen molar-refractivity contribution in [3.05, 3.63) is 78.0 Å². The molecular formula is C23H22N6O. The minimum Gasteiger partial charge on any atom is -0.497 e. The first-order valence-electron chi connectivity index (χ1n) is 9.94. The Morgan fingerprint density at radius 1 is 1.03 bits per heavy atom. The lowest BCUT2D eigenvalue weighted by Gasteiger charge is -2.28. The van der Waals surface area contributed by atoms with Crippen molar-refractivity contribution in [3.63, 3.8) is 0 Å². The Bertz CT molecular complexity index is 1140. The van der Waals surface area contributed by atoms with E-state index in [4.69, 9.17) is 9.72 Å².